The number of carbonyl (C=O) groups excluding carboxylic acids is 1. The largest absolute Gasteiger partial charge is 0.494 e. The lowest BCUT2D eigenvalue weighted by Crippen LogP contribution is -2.43. The highest BCUT2D eigenvalue weighted by atomic mass is 28.4. The van der Waals surface area contributed by atoms with E-state index in [-0.39, 0.29) is 11.1 Å². The van der Waals surface area contributed by atoms with Crippen LogP contribution in [0.4, 0.5) is 4.79 Å². The van der Waals surface area contributed by atoms with Crippen LogP contribution < -0.4 is 0 Å². The zero-order valence-corrected chi connectivity index (χ0v) is 11.3. The van der Waals surface area contributed by atoms with E-state index in [2.05, 4.69) is 20.8 Å². The molecule has 0 rings (SSSR count). The molecule has 0 aromatic rings. The second kappa shape index (κ2) is 4.34. The van der Waals surface area contributed by atoms with E-state index < -0.39 is 14.5 Å². The van der Waals surface area contributed by atoms with Crippen LogP contribution in [-0.2, 0) is 9.16 Å². The molecular weight excluding hydrogens is 196 g/mol. The van der Waals surface area contributed by atoms with Crippen molar-refractivity contribution < 1.29 is 14.0 Å². The minimum absolute atomic E-state index is 0.0308. The molecule has 0 aliphatic heterocycles. The Morgan fingerprint density at radius 3 is 1.93 bits per heavy atom. The topological polar surface area (TPSA) is 35.5 Å². The summed E-state index contributed by atoms with van der Waals surface area (Å²) in [5.41, 5.74) is 0. The molecule has 0 atom stereocenters. The molecule has 0 aromatic heterocycles. The second-order valence-corrected chi connectivity index (χ2v) is 10.0. The van der Waals surface area contributed by atoms with Crippen LogP contribution in [0.1, 0.15) is 34.6 Å². The Balaban J connectivity index is 4.30. The van der Waals surface area contributed by atoms with Gasteiger partial charge in [0.15, 0.2) is 0 Å². The van der Waals surface area contributed by atoms with Gasteiger partial charge < -0.3 is 9.16 Å². The number of carbonyl (C=O) groups is 1. The van der Waals surface area contributed by atoms with Crippen LogP contribution in [0.25, 0.3) is 0 Å². The summed E-state index contributed by atoms with van der Waals surface area (Å²) in [6.07, 6.45) is -0.654. The molecule has 0 saturated carbocycles. The van der Waals surface area contributed by atoms with Gasteiger partial charge in [-0.25, -0.2) is 4.79 Å². The van der Waals surface area contributed by atoms with Crippen LogP contribution in [0.2, 0.25) is 18.1 Å². The predicted molar refractivity (Wildman–Crippen MR) is 59.9 cm³/mol. The molecule has 0 aromatic carbocycles. The highest BCUT2D eigenvalue weighted by Crippen LogP contribution is 2.36. The fourth-order valence-corrected chi connectivity index (χ4v) is 1.35. The minimum atomic E-state index is -2.01. The zero-order valence-electron chi connectivity index (χ0n) is 10.3. The highest BCUT2D eigenvalue weighted by molar-refractivity contribution is 6.75. The normalized spacial score (nSPS) is 12.9. The zero-order chi connectivity index (χ0) is 11.6. The van der Waals surface area contributed by atoms with Crippen LogP contribution in [-0.4, -0.2) is 20.6 Å². The van der Waals surface area contributed by atoms with Crippen molar-refractivity contribution in [1.29, 1.82) is 0 Å². The summed E-state index contributed by atoms with van der Waals surface area (Å²) in [6, 6.07) is 0. The van der Waals surface area contributed by atoms with E-state index in [0.29, 0.717) is 0 Å². The average Bonchev–Trinajstić information content (AvgIpc) is 1.79. The fourth-order valence-electron chi connectivity index (χ4n) is 0.578. The third-order valence-corrected chi connectivity index (χ3v) is 6.77. The van der Waals surface area contributed by atoms with E-state index in [1.54, 1.807) is 0 Å². The molecule has 84 valence electrons. The van der Waals surface area contributed by atoms with E-state index in [0.717, 1.165) is 0 Å². The van der Waals surface area contributed by atoms with Crippen LogP contribution in [0, 0.1) is 0 Å². The van der Waals surface area contributed by atoms with Crippen molar-refractivity contribution in [2.45, 2.75) is 58.9 Å². The lowest BCUT2D eigenvalue weighted by atomic mass is 10.2. The molecule has 0 unspecified atom stereocenters. The minimum Gasteiger partial charge on any atom is -0.489 e. The van der Waals surface area contributed by atoms with Gasteiger partial charge in [-0.3, -0.25) is 0 Å². The Kier molecular flexibility index (Phi) is 4.18. The molecule has 0 spiro atoms. The second-order valence-electron chi connectivity index (χ2n) is 5.28. The van der Waals surface area contributed by atoms with E-state index in [9.17, 15) is 4.79 Å². The summed E-state index contributed by atoms with van der Waals surface area (Å²) in [6.45, 7) is 13.9. The molecule has 3 nitrogen and oxygen atoms in total. The molecule has 0 radical (unpaired) electrons. The molecular formula is C10H22O3Si. The Hall–Kier alpha value is -0.513. The SMILES string of the molecule is CC(C)OC(=O)O[Si](C)(C)C(C)(C)C. The molecule has 0 aliphatic carbocycles. The molecule has 0 fully saturated rings. The molecule has 0 N–H and O–H groups in total. The summed E-state index contributed by atoms with van der Waals surface area (Å²) in [5, 5.41) is 0.0308. The van der Waals surface area contributed by atoms with E-state index in [1.165, 1.54) is 0 Å². The van der Waals surface area contributed by atoms with Gasteiger partial charge in [0, 0.05) is 0 Å². The van der Waals surface area contributed by atoms with Crippen LogP contribution in [0.15, 0.2) is 0 Å². The van der Waals surface area contributed by atoms with E-state index in [1.807, 2.05) is 26.9 Å². The Labute approximate surface area is 87.9 Å². The maximum atomic E-state index is 11.3. The van der Waals surface area contributed by atoms with Crippen LogP contribution in [0.3, 0.4) is 0 Å². The summed E-state index contributed by atoms with van der Waals surface area (Å²) >= 11 is 0. The lowest BCUT2D eigenvalue weighted by Gasteiger charge is -2.34. The molecule has 0 bridgehead atoms. The van der Waals surface area contributed by atoms with E-state index >= 15 is 0 Å². The Morgan fingerprint density at radius 1 is 1.21 bits per heavy atom. The van der Waals surface area contributed by atoms with Gasteiger partial charge in [-0.15, -0.1) is 0 Å². The van der Waals surface area contributed by atoms with Gasteiger partial charge in [-0.05, 0) is 32.0 Å². The fraction of sp³-hybridized carbons (Fsp3) is 0.900. The number of hydrogen-bond acceptors (Lipinski definition) is 3. The third kappa shape index (κ3) is 4.13. The van der Waals surface area contributed by atoms with Gasteiger partial charge in [0.25, 0.3) is 8.32 Å². The van der Waals surface area contributed by atoms with Crippen molar-refractivity contribution in [3.8, 4) is 0 Å². The standard InChI is InChI=1S/C10H22O3Si/c1-8(2)12-9(11)13-14(6,7)10(3,4)5/h8H,1-7H3. The molecule has 14 heavy (non-hydrogen) atoms. The molecule has 0 amide bonds. The maximum Gasteiger partial charge on any atom is 0.494 e. The summed E-state index contributed by atoms with van der Waals surface area (Å²) < 4.78 is 10.3. The summed E-state index contributed by atoms with van der Waals surface area (Å²) in [4.78, 5) is 11.3. The van der Waals surface area contributed by atoms with Gasteiger partial charge >= 0.3 is 6.16 Å². The summed E-state index contributed by atoms with van der Waals surface area (Å²) in [5.74, 6) is 0. The molecule has 0 aliphatic rings. The molecule has 0 heterocycles. The highest BCUT2D eigenvalue weighted by Gasteiger charge is 2.41. The third-order valence-electron chi connectivity index (χ3n) is 2.48. The Morgan fingerprint density at radius 2 is 1.64 bits per heavy atom. The van der Waals surface area contributed by atoms with Crippen molar-refractivity contribution in [2.75, 3.05) is 0 Å². The summed E-state index contributed by atoms with van der Waals surface area (Å²) in [7, 11) is -2.01. The van der Waals surface area contributed by atoms with Crippen LogP contribution >= 0.6 is 0 Å². The molecule has 4 heteroatoms. The monoisotopic (exact) mass is 218 g/mol. The quantitative estimate of drug-likeness (QED) is 0.525. The first kappa shape index (κ1) is 13.5. The first-order valence-corrected chi connectivity index (χ1v) is 7.87. The molecule has 0 saturated heterocycles. The van der Waals surface area contributed by atoms with Gasteiger partial charge in [0.2, 0.25) is 0 Å². The van der Waals surface area contributed by atoms with Crippen molar-refractivity contribution in [1.82, 2.24) is 0 Å². The van der Waals surface area contributed by atoms with E-state index in [4.69, 9.17) is 9.16 Å². The van der Waals surface area contributed by atoms with Gasteiger partial charge in [-0.2, -0.15) is 0 Å². The average molecular weight is 218 g/mol. The van der Waals surface area contributed by atoms with Gasteiger partial charge in [-0.1, -0.05) is 20.8 Å². The van der Waals surface area contributed by atoms with Crippen molar-refractivity contribution in [2.24, 2.45) is 0 Å². The number of hydrogen-bond donors (Lipinski definition) is 0. The maximum absolute atomic E-state index is 11.3. The Bertz CT molecular complexity index is 204. The number of ether oxygens (including phenoxy) is 1. The van der Waals surface area contributed by atoms with Crippen molar-refractivity contribution in [3.05, 3.63) is 0 Å². The lowest BCUT2D eigenvalue weighted by molar-refractivity contribution is 0.0689. The van der Waals surface area contributed by atoms with Crippen molar-refractivity contribution in [3.63, 3.8) is 0 Å². The first-order valence-electron chi connectivity index (χ1n) is 4.96. The van der Waals surface area contributed by atoms with Crippen molar-refractivity contribution >= 4 is 14.5 Å². The van der Waals surface area contributed by atoms with Gasteiger partial charge in [0.1, 0.15) is 0 Å². The predicted octanol–water partition coefficient (Wildman–Crippen LogP) is 3.55. The smallest absolute Gasteiger partial charge is 0.489 e. The van der Waals surface area contributed by atoms with Crippen LogP contribution in [0.5, 0.6) is 0 Å². The number of rotatable bonds is 2. The van der Waals surface area contributed by atoms with Gasteiger partial charge in [0.05, 0.1) is 6.10 Å². The first-order chi connectivity index (χ1) is 6.06.